The third-order valence-corrected chi connectivity index (χ3v) is 6.28. The number of ketones is 1. The van der Waals surface area contributed by atoms with E-state index in [4.69, 9.17) is 11.6 Å². The molecule has 1 aliphatic rings. The second-order valence-corrected chi connectivity index (χ2v) is 8.58. The van der Waals surface area contributed by atoms with Gasteiger partial charge in [-0.25, -0.2) is 0 Å². The van der Waals surface area contributed by atoms with E-state index in [1.807, 2.05) is 38.1 Å². The number of hydrogen-bond donors (Lipinski definition) is 1. The summed E-state index contributed by atoms with van der Waals surface area (Å²) in [6.07, 6.45) is 4.51. The van der Waals surface area contributed by atoms with Crippen LogP contribution in [0, 0.1) is 19.3 Å². The van der Waals surface area contributed by atoms with Crippen LogP contribution in [0.5, 0.6) is 0 Å². The molecule has 0 saturated heterocycles. The SMILES string of the molecule is Cc1cc(-c2ccc(Cl)cc2)c(C)cc1CC(=O)CC1(C(=O)O)CCCCC1. The summed E-state index contributed by atoms with van der Waals surface area (Å²) < 4.78 is 0. The van der Waals surface area contributed by atoms with Crippen LogP contribution in [0.1, 0.15) is 55.2 Å². The lowest BCUT2D eigenvalue weighted by Gasteiger charge is -2.32. The lowest BCUT2D eigenvalue weighted by atomic mass is 9.70. The Bertz CT molecular complexity index is 877. The standard InChI is InChI=1S/C24H27ClO3/c1-16-13-22(18-6-8-20(25)9-7-18)17(2)12-19(16)14-21(26)15-24(23(27)28)10-4-3-5-11-24/h6-9,12-13H,3-5,10-11,14-15H2,1-2H3,(H,27,28). The molecule has 0 heterocycles. The van der Waals surface area contributed by atoms with Crippen molar-refractivity contribution in [3.8, 4) is 11.1 Å². The molecule has 0 unspecified atom stereocenters. The molecule has 1 fully saturated rings. The van der Waals surface area contributed by atoms with Gasteiger partial charge in [0.1, 0.15) is 5.78 Å². The van der Waals surface area contributed by atoms with Gasteiger partial charge in [-0.15, -0.1) is 0 Å². The van der Waals surface area contributed by atoms with Crippen molar-refractivity contribution < 1.29 is 14.7 Å². The smallest absolute Gasteiger partial charge is 0.310 e. The predicted octanol–water partition coefficient (Wildman–Crippen LogP) is 6.16. The Hall–Kier alpha value is -2.13. The van der Waals surface area contributed by atoms with Gasteiger partial charge < -0.3 is 5.11 Å². The Morgan fingerprint density at radius 3 is 2.25 bits per heavy atom. The van der Waals surface area contributed by atoms with Crippen LogP contribution < -0.4 is 0 Å². The monoisotopic (exact) mass is 398 g/mol. The van der Waals surface area contributed by atoms with Gasteiger partial charge in [0, 0.05) is 17.9 Å². The minimum absolute atomic E-state index is 0.0195. The Morgan fingerprint density at radius 1 is 1.00 bits per heavy atom. The third kappa shape index (κ3) is 4.47. The third-order valence-electron chi connectivity index (χ3n) is 6.03. The number of carboxylic acid groups (broad SMARTS) is 1. The molecule has 0 radical (unpaired) electrons. The zero-order valence-corrected chi connectivity index (χ0v) is 17.3. The van der Waals surface area contributed by atoms with Crippen molar-refractivity contribution in [1.82, 2.24) is 0 Å². The number of carbonyl (C=O) groups excluding carboxylic acids is 1. The molecule has 0 aromatic heterocycles. The molecule has 0 aliphatic heterocycles. The maximum Gasteiger partial charge on any atom is 0.310 e. The first-order chi connectivity index (χ1) is 13.3. The highest BCUT2D eigenvalue weighted by Gasteiger charge is 2.41. The van der Waals surface area contributed by atoms with E-state index in [1.54, 1.807) is 0 Å². The van der Waals surface area contributed by atoms with Crippen molar-refractivity contribution in [2.45, 2.75) is 58.8 Å². The summed E-state index contributed by atoms with van der Waals surface area (Å²) in [6, 6.07) is 11.9. The zero-order chi connectivity index (χ0) is 20.3. The molecule has 2 aromatic carbocycles. The van der Waals surface area contributed by atoms with Crippen LogP contribution in [0.2, 0.25) is 5.02 Å². The molecule has 3 rings (SSSR count). The molecule has 1 N–H and O–H groups in total. The molecule has 28 heavy (non-hydrogen) atoms. The van der Waals surface area contributed by atoms with Crippen molar-refractivity contribution in [3.63, 3.8) is 0 Å². The van der Waals surface area contributed by atoms with Crippen molar-refractivity contribution in [2.24, 2.45) is 5.41 Å². The number of aryl methyl sites for hydroxylation is 2. The largest absolute Gasteiger partial charge is 0.481 e. The first-order valence-electron chi connectivity index (χ1n) is 9.92. The highest BCUT2D eigenvalue weighted by molar-refractivity contribution is 6.30. The molecule has 0 atom stereocenters. The fourth-order valence-electron chi connectivity index (χ4n) is 4.35. The van der Waals surface area contributed by atoms with Crippen molar-refractivity contribution in [3.05, 3.63) is 58.1 Å². The number of hydrogen-bond acceptors (Lipinski definition) is 2. The van der Waals surface area contributed by atoms with Crippen LogP contribution in [0.25, 0.3) is 11.1 Å². The number of halogens is 1. The second kappa shape index (κ2) is 8.48. The van der Waals surface area contributed by atoms with Crippen LogP contribution in [-0.2, 0) is 16.0 Å². The summed E-state index contributed by atoms with van der Waals surface area (Å²) >= 11 is 5.99. The van der Waals surface area contributed by atoms with Gasteiger partial charge in [0.05, 0.1) is 5.41 Å². The second-order valence-electron chi connectivity index (χ2n) is 8.14. The van der Waals surface area contributed by atoms with E-state index in [9.17, 15) is 14.7 Å². The number of carbonyl (C=O) groups is 2. The van der Waals surface area contributed by atoms with Gasteiger partial charge in [-0.3, -0.25) is 9.59 Å². The molecule has 0 amide bonds. The lowest BCUT2D eigenvalue weighted by molar-refractivity contribution is -0.153. The molecular formula is C24H27ClO3. The minimum Gasteiger partial charge on any atom is -0.481 e. The Morgan fingerprint density at radius 2 is 1.64 bits per heavy atom. The summed E-state index contributed by atoms with van der Waals surface area (Å²) in [5.74, 6) is -0.794. The van der Waals surface area contributed by atoms with Gasteiger partial charge in [0.15, 0.2) is 0 Å². The first-order valence-corrected chi connectivity index (χ1v) is 10.3. The minimum atomic E-state index is -0.860. The Kier molecular flexibility index (Phi) is 6.24. The fraction of sp³-hybridized carbons (Fsp3) is 0.417. The van der Waals surface area contributed by atoms with E-state index in [0.717, 1.165) is 47.1 Å². The summed E-state index contributed by atoms with van der Waals surface area (Å²) in [5.41, 5.74) is 4.49. The molecular weight excluding hydrogens is 372 g/mol. The van der Waals surface area contributed by atoms with Crippen LogP contribution >= 0.6 is 11.6 Å². The maximum atomic E-state index is 12.8. The average molecular weight is 399 g/mol. The summed E-state index contributed by atoms with van der Waals surface area (Å²) in [5, 5.41) is 10.4. The lowest BCUT2D eigenvalue weighted by Crippen LogP contribution is -2.36. The molecule has 4 heteroatoms. The maximum absolute atomic E-state index is 12.8. The quantitative estimate of drug-likeness (QED) is 0.633. The van der Waals surface area contributed by atoms with Gasteiger partial charge in [-0.2, -0.15) is 0 Å². The Balaban J connectivity index is 1.78. The highest BCUT2D eigenvalue weighted by Crippen LogP contribution is 2.40. The van der Waals surface area contributed by atoms with E-state index in [0.29, 0.717) is 24.3 Å². The number of rotatable bonds is 6. The normalized spacial score (nSPS) is 16.0. The van der Waals surface area contributed by atoms with Crippen molar-refractivity contribution in [1.29, 1.82) is 0 Å². The van der Waals surface area contributed by atoms with Gasteiger partial charge in [-0.05, 0) is 66.6 Å². The predicted molar refractivity (Wildman–Crippen MR) is 113 cm³/mol. The molecule has 0 spiro atoms. The van der Waals surface area contributed by atoms with Crippen LogP contribution in [0.15, 0.2) is 36.4 Å². The molecule has 0 bridgehead atoms. The van der Waals surface area contributed by atoms with E-state index in [2.05, 4.69) is 12.1 Å². The van der Waals surface area contributed by atoms with Gasteiger partial charge in [0.25, 0.3) is 0 Å². The number of Topliss-reactive ketones (excluding diaryl/α,β-unsaturated/α-hetero) is 1. The Labute approximate surface area is 171 Å². The van der Waals surface area contributed by atoms with Gasteiger partial charge in [-0.1, -0.05) is 55.1 Å². The molecule has 2 aromatic rings. The highest BCUT2D eigenvalue weighted by atomic mass is 35.5. The van der Waals surface area contributed by atoms with E-state index in [-0.39, 0.29) is 12.2 Å². The van der Waals surface area contributed by atoms with Crippen LogP contribution in [-0.4, -0.2) is 16.9 Å². The first kappa shape index (κ1) is 20.6. The van der Waals surface area contributed by atoms with E-state index in [1.165, 1.54) is 0 Å². The number of carboxylic acids is 1. The van der Waals surface area contributed by atoms with Crippen LogP contribution in [0.4, 0.5) is 0 Å². The van der Waals surface area contributed by atoms with Crippen molar-refractivity contribution in [2.75, 3.05) is 0 Å². The van der Waals surface area contributed by atoms with E-state index < -0.39 is 11.4 Å². The number of benzene rings is 2. The van der Waals surface area contributed by atoms with E-state index >= 15 is 0 Å². The van der Waals surface area contributed by atoms with Crippen LogP contribution in [0.3, 0.4) is 0 Å². The molecule has 1 saturated carbocycles. The van der Waals surface area contributed by atoms with Gasteiger partial charge >= 0.3 is 5.97 Å². The molecule has 148 valence electrons. The van der Waals surface area contributed by atoms with Gasteiger partial charge in [0.2, 0.25) is 0 Å². The zero-order valence-electron chi connectivity index (χ0n) is 16.6. The fourth-order valence-corrected chi connectivity index (χ4v) is 4.48. The summed E-state index contributed by atoms with van der Waals surface area (Å²) in [6.45, 7) is 4.05. The van der Waals surface area contributed by atoms with Crippen molar-refractivity contribution >= 4 is 23.4 Å². The molecule has 3 nitrogen and oxygen atoms in total. The average Bonchev–Trinajstić information content (AvgIpc) is 2.66. The molecule has 1 aliphatic carbocycles. The number of aliphatic carboxylic acids is 1. The topological polar surface area (TPSA) is 54.4 Å². The summed E-state index contributed by atoms with van der Waals surface area (Å²) in [4.78, 5) is 24.6. The summed E-state index contributed by atoms with van der Waals surface area (Å²) in [7, 11) is 0.